The van der Waals surface area contributed by atoms with E-state index in [9.17, 15) is 4.39 Å². The molecule has 3 rings (SSSR count). The van der Waals surface area contributed by atoms with E-state index >= 15 is 0 Å². The van der Waals surface area contributed by atoms with Crippen molar-refractivity contribution in [3.63, 3.8) is 0 Å². The van der Waals surface area contributed by atoms with Gasteiger partial charge in [-0.25, -0.2) is 14.4 Å². The second-order valence-corrected chi connectivity index (χ2v) is 5.56. The van der Waals surface area contributed by atoms with E-state index in [4.69, 9.17) is 16.3 Å². The SMILES string of the molecule is COC1=CC(F)=CCC1(C)c1cccc2cnc(Cl)nc12. The van der Waals surface area contributed by atoms with Crippen molar-refractivity contribution in [2.45, 2.75) is 18.8 Å². The molecule has 0 aliphatic heterocycles. The van der Waals surface area contributed by atoms with Gasteiger partial charge < -0.3 is 4.74 Å². The maximum atomic E-state index is 13.5. The van der Waals surface area contributed by atoms with Crippen LogP contribution in [0.25, 0.3) is 10.9 Å². The van der Waals surface area contributed by atoms with Crippen molar-refractivity contribution in [3.8, 4) is 0 Å². The van der Waals surface area contributed by atoms with Crippen LogP contribution in [-0.4, -0.2) is 17.1 Å². The van der Waals surface area contributed by atoms with Gasteiger partial charge in [0.1, 0.15) is 11.6 Å². The lowest BCUT2D eigenvalue weighted by Crippen LogP contribution is -2.28. The molecule has 0 bridgehead atoms. The molecule has 1 aromatic heterocycles. The highest BCUT2D eigenvalue weighted by molar-refractivity contribution is 6.28. The minimum absolute atomic E-state index is 0.194. The van der Waals surface area contributed by atoms with Crippen LogP contribution in [0.4, 0.5) is 4.39 Å². The number of methoxy groups -OCH3 is 1. The number of hydrogen-bond donors (Lipinski definition) is 0. The Hall–Kier alpha value is -1.94. The number of fused-ring (bicyclic) bond motifs is 1. The summed E-state index contributed by atoms with van der Waals surface area (Å²) in [6.45, 7) is 2.01. The van der Waals surface area contributed by atoms with Gasteiger partial charge in [-0.05, 0) is 36.6 Å². The summed E-state index contributed by atoms with van der Waals surface area (Å²) < 4.78 is 18.9. The molecule has 0 amide bonds. The van der Waals surface area contributed by atoms with Crippen LogP contribution in [0.3, 0.4) is 0 Å². The molecule has 0 N–H and O–H groups in total. The molecule has 0 fully saturated rings. The molecule has 0 saturated carbocycles. The molecule has 0 spiro atoms. The van der Waals surface area contributed by atoms with Crippen LogP contribution in [0.1, 0.15) is 18.9 Å². The van der Waals surface area contributed by atoms with Crippen LogP contribution in [0.5, 0.6) is 0 Å². The highest BCUT2D eigenvalue weighted by atomic mass is 35.5. The third-order valence-corrected chi connectivity index (χ3v) is 4.10. The van der Waals surface area contributed by atoms with E-state index in [0.717, 1.165) is 16.5 Å². The van der Waals surface area contributed by atoms with E-state index in [2.05, 4.69) is 9.97 Å². The van der Waals surface area contributed by atoms with Crippen LogP contribution in [-0.2, 0) is 10.2 Å². The number of halogens is 2. The monoisotopic (exact) mass is 304 g/mol. The predicted molar refractivity (Wildman–Crippen MR) is 80.8 cm³/mol. The summed E-state index contributed by atoms with van der Waals surface area (Å²) in [5, 5.41) is 1.09. The van der Waals surface area contributed by atoms with E-state index in [1.807, 2.05) is 25.1 Å². The van der Waals surface area contributed by atoms with Gasteiger partial charge in [0.05, 0.1) is 18.0 Å². The fourth-order valence-electron chi connectivity index (χ4n) is 2.75. The van der Waals surface area contributed by atoms with Gasteiger partial charge in [0.25, 0.3) is 0 Å². The van der Waals surface area contributed by atoms with E-state index in [0.29, 0.717) is 12.2 Å². The highest BCUT2D eigenvalue weighted by Gasteiger charge is 2.36. The molecule has 1 unspecified atom stereocenters. The highest BCUT2D eigenvalue weighted by Crippen LogP contribution is 2.42. The Balaban J connectivity index is 2.25. The van der Waals surface area contributed by atoms with Gasteiger partial charge in [0.2, 0.25) is 5.28 Å². The zero-order valence-corrected chi connectivity index (χ0v) is 12.5. The van der Waals surface area contributed by atoms with E-state index in [1.54, 1.807) is 19.4 Å². The quantitative estimate of drug-likeness (QED) is 0.775. The molecule has 21 heavy (non-hydrogen) atoms. The zero-order chi connectivity index (χ0) is 15.0. The van der Waals surface area contributed by atoms with Gasteiger partial charge in [-0.2, -0.15) is 0 Å². The molecule has 1 aliphatic carbocycles. The van der Waals surface area contributed by atoms with Crippen molar-refractivity contribution in [2.75, 3.05) is 7.11 Å². The van der Waals surface area contributed by atoms with Crippen LogP contribution < -0.4 is 0 Å². The minimum atomic E-state index is -0.485. The molecule has 0 radical (unpaired) electrons. The normalized spacial score (nSPS) is 21.9. The van der Waals surface area contributed by atoms with Crippen molar-refractivity contribution in [3.05, 3.63) is 59.0 Å². The van der Waals surface area contributed by atoms with Crippen molar-refractivity contribution < 1.29 is 9.13 Å². The minimum Gasteiger partial charge on any atom is -0.500 e. The summed E-state index contributed by atoms with van der Waals surface area (Å²) in [5.74, 6) is 0.293. The summed E-state index contributed by atoms with van der Waals surface area (Å²) in [4.78, 5) is 8.34. The van der Waals surface area contributed by atoms with Gasteiger partial charge >= 0.3 is 0 Å². The Labute approximate surface area is 127 Å². The second-order valence-electron chi connectivity index (χ2n) is 5.22. The Morgan fingerprint density at radius 3 is 2.95 bits per heavy atom. The van der Waals surface area contributed by atoms with Gasteiger partial charge in [-0.1, -0.05) is 18.2 Å². The summed E-state index contributed by atoms with van der Waals surface area (Å²) >= 11 is 5.93. The molecule has 3 nitrogen and oxygen atoms in total. The van der Waals surface area contributed by atoms with Gasteiger partial charge in [0, 0.05) is 17.7 Å². The molecular formula is C16H14ClFN2O. The number of aromatic nitrogens is 2. The Kier molecular flexibility index (Phi) is 3.41. The third-order valence-electron chi connectivity index (χ3n) is 3.91. The summed E-state index contributed by atoms with van der Waals surface area (Å²) in [5.41, 5.74) is 1.22. The largest absolute Gasteiger partial charge is 0.500 e. The molecular weight excluding hydrogens is 291 g/mol. The first kappa shape index (κ1) is 14.0. The second kappa shape index (κ2) is 5.11. The zero-order valence-electron chi connectivity index (χ0n) is 11.7. The van der Waals surface area contributed by atoms with Crippen molar-refractivity contribution in [2.24, 2.45) is 0 Å². The number of rotatable bonds is 2. The Bertz CT molecular complexity index is 772. The first-order valence-corrected chi connectivity index (χ1v) is 6.96. The number of hydrogen-bond acceptors (Lipinski definition) is 3. The number of para-hydroxylation sites is 1. The lowest BCUT2D eigenvalue weighted by atomic mass is 9.74. The first-order chi connectivity index (χ1) is 10.0. The Morgan fingerprint density at radius 1 is 1.38 bits per heavy atom. The van der Waals surface area contributed by atoms with Crippen LogP contribution in [0.2, 0.25) is 5.28 Å². The van der Waals surface area contributed by atoms with Gasteiger partial charge in [-0.15, -0.1) is 0 Å². The molecule has 108 valence electrons. The molecule has 5 heteroatoms. The van der Waals surface area contributed by atoms with E-state index in [-0.39, 0.29) is 11.1 Å². The standard InChI is InChI=1S/C16H14ClFN2O/c1-16(7-6-11(18)8-13(16)21-2)12-5-3-4-10-9-19-15(17)20-14(10)12/h3-6,8-9H,7H2,1-2H3. The van der Waals surface area contributed by atoms with Gasteiger partial charge in [0.15, 0.2) is 0 Å². The van der Waals surface area contributed by atoms with Crippen molar-refractivity contribution in [1.82, 2.24) is 9.97 Å². The van der Waals surface area contributed by atoms with Crippen LogP contribution >= 0.6 is 11.6 Å². The number of allylic oxidation sites excluding steroid dienone is 4. The maximum absolute atomic E-state index is 13.5. The average Bonchev–Trinajstić information content (AvgIpc) is 2.49. The van der Waals surface area contributed by atoms with Gasteiger partial charge in [-0.3, -0.25) is 0 Å². The topological polar surface area (TPSA) is 35.0 Å². The van der Waals surface area contributed by atoms with E-state index in [1.165, 1.54) is 6.08 Å². The molecule has 0 saturated heterocycles. The maximum Gasteiger partial charge on any atom is 0.222 e. The van der Waals surface area contributed by atoms with Crippen molar-refractivity contribution in [1.29, 1.82) is 0 Å². The smallest absolute Gasteiger partial charge is 0.222 e. The fourth-order valence-corrected chi connectivity index (χ4v) is 2.89. The average molecular weight is 305 g/mol. The molecule has 2 aromatic rings. The summed E-state index contributed by atoms with van der Waals surface area (Å²) in [7, 11) is 1.55. The van der Waals surface area contributed by atoms with Crippen LogP contribution in [0, 0.1) is 0 Å². The summed E-state index contributed by atoms with van der Waals surface area (Å²) in [6, 6.07) is 5.83. The molecule has 1 aliphatic rings. The lowest BCUT2D eigenvalue weighted by molar-refractivity contribution is 0.223. The molecule has 1 atom stereocenters. The number of nitrogens with zero attached hydrogens (tertiary/aromatic N) is 2. The summed E-state index contributed by atoms with van der Waals surface area (Å²) in [6.07, 6.45) is 5.17. The third kappa shape index (κ3) is 2.29. The number of benzene rings is 1. The van der Waals surface area contributed by atoms with Crippen molar-refractivity contribution >= 4 is 22.5 Å². The lowest BCUT2D eigenvalue weighted by Gasteiger charge is -2.33. The van der Waals surface area contributed by atoms with Crippen LogP contribution in [0.15, 0.2) is 48.1 Å². The van der Waals surface area contributed by atoms with E-state index < -0.39 is 5.41 Å². The Morgan fingerprint density at radius 2 is 2.19 bits per heavy atom. The predicted octanol–water partition coefficient (Wildman–Crippen LogP) is 4.33. The fraction of sp³-hybridized carbons (Fsp3) is 0.250. The first-order valence-electron chi connectivity index (χ1n) is 6.58. The number of ether oxygens (including phenoxy) is 1. The molecule has 1 aromatic carbocycles. The molecule has 1 heterocycles.